The second kappa shape index (κ2) is 58.9. The predicted molar refractivity (Wildman–Crippen MR) is 307 cm³/mol. The summed E-state index contributed by atoms with van der Waals surface area (Å²) in [7, 11) is 0. The molecule has 0 spiro atoms. The maximum atomic E-state index is 12.8. The molecular formula is C65H110O6. The predicted octanol–water partition coefficient (Wildman–Crippen LogP) is 20.1. The number of carbonyl (C=O) groups is 3. The molecule has 406 valence electrons. The van der Waals surface area contributed by atoms with Crippen molar-refractivity contribution in [2.45, 2.75) is 284 Å². The van der Waals surface area contributed by atoms with Gasteiger partial charge in [-0.3, -0.25) is 14.4 Å². The molecule has 0 heterocycles. The molecule has 0 aromatic carbocycles. The Morgan fingerprint density at radius 1 is 0.296 bits per heavy atom. The molecule has 0 N–H and O–H groups in total. The first-order chi connectivity index (χ1) is 35.0. The molecule has 1 atom stereocenters. The third-order valence-corrected chi connectivity index (χ3v) is 12.6. The highest BCUT2D eigenvalue weighted by Crippen LogP contribution is 2.16. The molecule has 0 aromatic rings. The monoisotopic (exact) mass is 987 g/mol. The van der Waals surface area contributed by atoms with Gasteiger partial charge in [0, 0.05) is 19.3 Å². The highest BCUT2D eigenvalue weighted by molar-refractivity contribution is 5.71. The Kier molecular flexibility index (Phi) is 55.9. The maximum Gasteiger partial charge on any atom is 0.306 e. The molecule has 0 bridgehead atoms. The normalized spacial score (nSPS) is 12.8. The zero-order valence-electron chi connectivity index (χ0n) is 46.5. The first-order valence-electron chi connectivity index (χ1n) is 29.7. The lowest BCUT2D eigenvalue weighted by molar-refractivity contribution is -0.167. The summed E-state index contributed by atoms with van der Waals surface area (Å²) in [5, 5.41) is 0. The Morgan fingerprint density at radius 3 is 0.944 bits per heavy atom. The molecule has 0 aliphatic rings. The van der Waals surface area contributed by atoms with E-state index in [9.17, 15) is 14.4 Å². The van der Waals surface area contributed by atoms with E-state index >= 15 is 0 Å². The fourth-order valence-electron chi connectivity index (χ4n) is 8.13. The summed E-state index contributed by atoms with van der Waals surface area (Å²) < 4.78 is 16.8. The quantitative estimate of drug-likeness (QED) is 0.0261. The average molecular weight is 988 g/mol. The number of unbranched alkanes of at least 4 members (excludes halogenated alkanes) is 26. The number of carbonyl (C=O) groups excluding carboxylic acids is 3. The van der Waals surface area contributed by atoms with Gasteiger partial charge in [-0.15, -0.1) is 0 Å². The largest absolute Gasteiger partial charge is 0.462 e. The third-order valence-electron chi connectivity index (χ3n) is 12.6. The second-order valence-corrected chi connectivity index (χ2v) is 19.5. The highest BCUT2D eigenvalue weighted by atomic mass is 16.6. The fraction of sp³-hybridized carbons (Fsp3) is 0.708. The lowest BCUT2D eigenvalue weighted by Gasteiger charge is -2.18. The smallest absolute Gasteiger partial charge is 0.306 e. The average Bonchev–Trinajstić information content (AvgIpc) is 3.37. The number of ether oxygens (including phenoxy) is 3. The molecular weight excluding hydrogens is 877 g/mol. The summed E-state index contributed by atoms with van der Waals surface area (Å²) in [6.07, 6.45) is 78.4. The van der Waals surface area contributed by atoms with Crippen molar-refractivity contribution in [2.24, 2.45) is 0 Å². The zero-order valence-corrected chi connectivity index (χ0v) is 46.5. The van der Waals surface area contributed by atoms with E-state index in [1.807, 2.05) is 0 Å². The molecule has 0 saturated heterocycles. The molecule has 0 amide bonds. The van der Waals surface area contributed by atoms with E-state index in [1.54, 1.807) is 0 Å². The lowest BCUT2D eigenvalue weighted by Crippen LogP contribution is -2.30. The number of rotatable bonds is 53. The number of allylic oxidation sites excluding steroid dienone is 16. The van der Waals surface area contributed by atoms with Gasteiger partial charge in [-0.05, 0) is 96.3 Å². The Balaban J connectivity index is 4.45. The van der Waals surface area contributed by atoms with Gasteiger partial charge in [0.15, 0.2) is 6.10 Å². The summed E-state index contributed by atoms with van der Waals surface area (Å²) in [5.74, 6) is -1.00. The second-order valence-electron chi connectivity index (χ2n) is 19.5. The van der Waals surface area contributed by atoms with E-state index in [2.05, 4.69) is 118 Å². The Morgan fingerprint density at radius 2 is 0.563 bits per heavy atom. The van der Waals surface area contributed by atoms with Crippen LogP contribution >= 0.6 is 0 Å². The van der Waals surface area contributed by atoms with Gasteiger partial charge >= 0.3 is 17.9 Å². The molecule has 0 aliphatic carbocycles. The van der Waals surface area contributed by atoms with Crippen LogP contribution in [-0.2, 0) is 28.6 Å². The van der Waals surface area contributed by atoms with Crippen LogP contribution in [0.25, 0.3) is 0 Å². The molecule has 0 aromatic heterocycles. The molecule has 0 aliphatic heterocycles. The van der Waals surface area contributed by atoms with Gasteiger partial charge in [0.1, 0.15) is 13.2 Å². The van der Waals surface area contributed by atoms with Gasteiger partial charge < -0.3 is 14.2 Å². The van der Waals surface area contributed by atoms with Crippen LogP contribution in [0.2, 0.25) is 0 Å². The zero-order chi connectivity index (χ0) is 51.4. The van der Waals surface area contributed by atoms with E-state index in [4.69, 9.17) is 14.2 Å². The van der Waals surface area contributed by atoms with Crippen molar-refractivity contribution >= 4 is 17.9 Å². The van der Waals surface area contributed by atoms with Gasteiger partial charge in [-0.2, -0.15) is 0 Å². The molecule has 0 unspecified atom stereocenters. The first kappa shape index (κ1) is 67.3. The molecule has 0 saturated carbocycles. The summed E-state index contributed by atoms with van der Waals surface area (Å²) in [6, 6.07) is 0. The standard InChI is InChI=1S/C65H110O6/c1-4-7-10-13-16-19-22-25-28-30-31-32-33-35-38-40-43-46-49-52-55-58-64(67)70-61-62(71-65(68)59-56-53-50-47-44-41-36-27-24-21-18-15-12-9-6-3)60-69-63(66)57-54-51-48-45-42-39-37-34-29-26-23-20-17-14-11-8-5-2/h8,11,17-18,20-21,26-27,29,36-37,39,44-45,47-48,62H,4-7,9-10,12-16,19,22-25,28,30-35,38,40-43,46,49-61H2,1-3H3/b11-8-,20-17-,21-18-,29-26-,36-27-,39-37-,47-44-,48-45-/t62-/m1/s1. The first-order valence-corrected chi connectivity index (χ1v) is 29.7. The molecule has 6 nitrogen and oxygen atoms in total. The van der Waals surface area contributed by atoms with Crippen LogP contribution in [0.4, 0.5) is 0 Å². The summed E-state index contributed by atoms with van der Waals surface area (Å²) in [5.41, 5.74) is 0. The molecule has 0 rings (SSSR count). The van der Waals surface area contributed by atoms with Crippen molar-refractivity contribution < 1.29 is 28.6 Å². The molecule has 0 fully saturated rings. The Hall–Kier alpha value is -3.67. The van der Waals surface area contributed by atoms with Gasteiger partial charge in [-0.1, -0.05) is 259 Å². The van der Waals surface area contributed by atoms with Crippen LogP contribution in [0.1, 0.15) is 278 Å². The van der Waals surface area contributed by atoms with E-state index in [-0.39, 0.29) is 44.0 Å². The van der Waals surface area contributed by atoms with Crippen molar-refractivity contribution in [3.8, 4) is 0 Å². The van der Waals surface area contributed by atoms with Crippen molar-refractivity contribution in [1.29, 1.82) is 0 Å². The van der Waals surface area contributed by atoms with Crippen molar-refractivity contribution in [1.82, 2.24) is 0 Å². The van der Waals surface area contributed by atoms with Crippen molar-refractivity contribution in [3.63, 3.8) is 0 Å². The topological polar surface area (TPSA) is 78.9 Å². The molecule has 71 heavy (non-hydrogen) atoms. The lowest BCUT2D eigenvalue weighted by atomic mass is 10.0. The summed E-state index contributed by atoms with van der Waals surface area (Å²) in [4.78, 5) is 38.2. The van der Waals surface area contributed by atoms with E-state index in [1.165, 1.54) is 141 Å². The Labute approximate surface area is 438 Å². The van der Waals surface area contributed by atoms with Crippen molar-refractivity contribution in [2.75, 3.05) is 13.2 Å². The van der Waals surface area contributed by atoms with Gasteiger partial charge in [0.25, 0.3) is 0 Å². The number of hydrogen-bond donors (Lipinski definition) is 0. The summed E-state index contributed by atoms with van der Waals surface area (Å²) in [6.45, 7) is 6.44. The third kappa shape index (κ3) is 57.1. The van der Waals surface area contributed by atoms with E-state index in [0.717, 1.165) is 83.5 Å². The minimum atomic E-state index is -0.820. The number of hydrogen-bond acceptors (Lipinski definition) is 6. The Bertz CT molecular complexity index is 1410. The van der Waals surface area contributed by atoms with E-state index < -0.39 is 6.10 Å². The van der Waals surface area contributed by atoms with Crippen LogP contribution in [0.5, 0.6) is 0 Å². The molecule has 0 radical (unpaired) electrons. The van der Waals surface area contributed by atoms with Crippen LogP contribution < -0.4 is 0 Å². The maximum absolute atomic E-state index is 12.8. The minimum Gasteiger partial charge on any atom is -0.462 e. The van der Waals surface area contributed by atoms with Crippen molar-refractivity contribution in [3.05, 3.63) is 97.2 Å². The fourth-order valence-corrected chi connectivity index (χ4v) is 8.13. The van der Waals surface area contributed by atoms with Crippen LogP contribution in [-0.4, -0.2) is 37.2 Å². The van der Waals surface area contributed by atoms with Crippen LogP contribution in [0.15, 0.2) is 97.2 Å². The van der Waals surface area contributed by atoms with Crippen LogP contribution in [0.3, 0.4) is 0 Å². The van der Waals surface area contributed by atoms with Gasteiger partial charge in [0.05, 0.1) is 0 Å². The van der Waals surface area contributed by atoms with E-state index in [0.29, 0.717) is 19.3 Å². The summed E-state index contributed by atoms with van der Waals surface area (Å²) >= 11 is 0. The van der Waals surface area contributed by atoms with Gasteiger partial charge in [0.2, 0.25) is 0 Å². The van der Waals surface area contributed by atoms with Gasteiger partial charge in [-0.25, -0.2) is 0 Å². The number of esters is 3. The molecule has 6 heteroatoms. The highest BCUT2D eigenvalue weighted by Gasteiger charge is 2.19. The minimum absolute atomic E-state index is 0.109. The van der Waals surface area contributed by atoms with Crippen LogP contribution in [0, 0.1) is 0 Å². The SMILES string of the molecule is CC/C=C\C/C=C\C/C=C\C/C=C\C/C=C\CCCC(=O)OC[C@H](COC(=O)CCCCCCCCCCCCCCCCCCCCCCC)OC(=O)CCCC/C=C\C/C=C\C/C=C\CCCCC.